The zero-order chi connectivity index (χ0) is 20.4. The standard InChI is InChI=1S/C22H29NO4/c1-8-26-21(25)18-13(2)19(23-14(18)3)20(24)15(4)27-17-11-9-16(10-12-17)22(5,6)7/h9-12,15,23H,8H2,1-7H3/t15-/m0/s1. The van der Waals surface area contributed by atoms with Gasteiger partial charge in [0.1, 0.15) is 5.75 Å². The summed E-state index contributed by atoms with van der Waals surface area (Å²) in [6, 6.07) is 7.77. The Morgan fingerprint density at radius 2 is 1.70 bits per heavy atom. The molecule has 5 nitrogen and oxygen atoms in total. The van der Waals surface area contributed by atoms with Crippen molar-refractivity contribution in [1.29, 1.82) is 0 Å². The first kappa shape index (κ1) is 20.7. The molecule has 0 fully saturated rings. The highest BCUT2D eigenvalue weighted by atomic mass is 16.5. The average molecular weight is 371 g/mol. The molecule has 0 aliphatic rings. The first-order valence-corrected chi connectivity index (χ1v) is 9.24. The van der Waals surface area contributed by atoms with E-state index < -0.39 is 12.1 Å². The van der Waals surface area contributed by atoms with Gasteiger partial charge in [-0.15, -0.1) is 0 Å². The molecule has 0 aliphatic heterocycles. The van der Waals surface area contributed by atoms with Crippen LogP contribution < -0.4 is 4.74 Å². The zero-order valence-corrected chi connectivity index (χ0v) is 17.2. The van der Waals surface area contributed by atoms with Crippen LogP contribution in [0.1, 0.15) is 72.3 Å². The number of benzene rings is 1. The Balaban J connectivity index is 2.18. The van der Waals surface area contributed by atoms with Crippen molar-refractivity contribution in [3.63, 3.8) is 0 Å². The van der Waals surface area contributed by atoms with E-state index in [-0.39, 0.29) is 17.8 Å². The number of carbonyl (C=O) groups is 2. The second kappa shape index (κ2) is 7.99. The summed E-state index contributed by atoms with van der Waals surface area (Å²) in [7, 11) is 0. The van der Waals surface area contributed by atoms with E-state index in [0.717, 1.165) is 0 Å². The lowest BCUT2D eigenvalue weighted by Crippen LogP contribution is -2.25. The molecule has 0 spiro atoms. The molecule has 0 amide bonds. The average Bonchev–Trinajstić information content (AvgIpc) is 2.88. The molecule has 0 unspecified atom stereocenters. The minimum atomic E-state index is -0.683. The van der Waals surface area contributed by atoms with Crippen LogP contribution in [0.5, 0.6) is 5.75 Å². The summed E-state index contributed by atoms with van der Waals surface area (Å²) in [6.07, 6.45) is -0.683. The zero-order valence-electron chi connectivity index (χ0n) is 17.2. The number of rotatable bonds is 6. The topological polar surface area (TPSA) is 68.4 Å². The number of Topliss-reactive ketones (excluding diaryl/α,β-unsaturated/α-hetero) is 1. The molecule has 0 saturated heterocycles. The van der Waals surface area contributed by atoms with Crippen molar-refractivity contribution in [3.05, 3.63) is 52.3 Å². The number of H-pyrrole nitrogens is 1. The van der Waals surface area contributed by atoms with Crippen LogP contribution >= 0.6 is 0 Å². The lowest BCUT2D eigenvalue weighted by atomic mass is 9.87. The molecule has 2 aromatic rings. The Morgan fingerprint density at radius 3 is 2.22 bits per heavy atom. The molecule has 2 rings (SSSR count). The summed E-state index contributed by atoms with van der Waals surface area (Å²) in [5.74, 6) is 0.00980. The fraction of sp³-hybridized carbons (Fsp3) is 0.455. The molecule has 27 heavy (non-hydrogen) atoms. The molecule has 1 aromatic carbocycles. The number of aromatic amines is 1. The summed E-state index contributed by atoms with van der Waals surface area (Å²) >= 11 is 0. The molecule has 5 heteroatoms. The van der Waals surface area contributed by atoms with Crippen molar-refractivity contribution < 1.29 is 19.1 Å². The van der Waals surface area contributed by atoms with Crippen molar-refractivity contribution >= 4 is 11.8 Å². The maximum Gasteiger partial charge on any atom is 0.340 e. The van der Waals surface area contributed by atoms with E-state index in [4.69, 9.17) is 9.47 Å². The Kier molecular flexibility index (Phi) is 6.14. The van der Waals surface area contributed by atoms with Crippen LogP contribution in [0.2, 0.25) is 0 Å². The van der Waals surface area contributed by atoms with Crippen LogP contribution in [0.4, 0.5) is 0 Å². The molecule has 0 bridgehead atoms. The highest BCUT2D eigenvalue weighted by molar-refractivity contribution is 6.03. The molecule has 146 valence electrons. The number of nitrogens with one attached hydrogen (secondary N) is 1. The summed E-state index contributed by atoms with van der Waals surface area (Å²) in [5, 5.41) is 0. The van der Waals surface area contributed by atoms with Crippen LogP contribution in [-0.4, -0.2) is 29.4 Å². The summed E-state index contributed by atoms with van der Waals surface area (Å²) in [5.41, 5.74) is 3.27. The number of ether oxygens (including phenoxy) is 2. The van der Waals surface area contributed by atoms with Crippen molar-refractivity contribution in [1.82, 2.24) is 4.98 Å². The van der Waals surface area contributed by atoms with Gasteiger partial charge in [-0.2, -0.15) is 0 Å². The maximum atomic E-state index is 12.8. The van der Waals surface area contributed by atoms with Crippen molar-refractivity contribution in [2.24, 2.45) is 0 Å². The van der Waals surface area contributed by atoms with Crippen LogP contribution in [0.3, 0.4) is 0 Å². The Hall–Kier alpha value is -2.56. The number of carbonyl (C=O) groups excluding carboxylic acids is 2. The second-order valence-corrected chi connectivity index (χ2v) is 7.74. The van der Waals surface area contributed by atoms with Gasteiger partial charge in [-0.25, -0.2) is 4.79 Å². The van der Waals surface area contributed by atoms with Crippen LogP contribution in [0.15, 0.2) is 24.3 Å². The predicted octanol–water partition coefficient (Wildman–Crippen LogP) is 4.76. The van der Waals surface area contributed by atoms with Crippen molar-refractivity contribution in [2.45, 2.75) is 60.0 Å². The van der Waals surface area contributed by atoms with Gasteiger partial charge >= 0.3 is 5.97 Å². The lowest BCUT2D eigenvalue weighted by Gasteiger charge is -2.20. The quantitative estimate of drug-likeness (QED) is 0.587. The van der Waals surface area contributed by atoms with Gasteiger partial charge in [0, 0.05) is 5.69 Å². The van der Waals surface area contributed by atoms with E-state index >= 15 is 0 Å². The van der Waals surface area contributed by atoms with Gasteiger partial charge in [0.05, 0.1) is 17.9 Å². The van der Waals surface area contributed by atoms with Crippen molar-refractivity contribution in [3.8, 4) is 5.75 Å². The third-order valence-corrected chi connectivity index (χ3v) is 4.57. The third-order valence-electron chi connectivity index (χ3n) is 4.57. The van der Waals surface area contributed by atoms with E-state index in [9.17, 15) is 9.59 Å². The summed E-state index contributed by atoms with van der Waals surface area (Å²) in [4.78, 5) is 28.0. The highest BCUT2D eigenvalue weighted by Crippen LogP contribution is 2.26. The number of hydrogen-bond acceptors (Lipinski definition) is 4. The molecule has 1 heterocycles. The number of ketones is 1. The second-order valence-electron chi connectivity index (χ2n) is 7.74. The molecular weight excluding hydrogens is 342 g/mol. The molecule has 0 radical (unpaired) electrons. The molecule has 0 aliphatic carbocycles. The Labute approximate surface area is 161 Å². The maximum absolute atomic E-state index is 12.8. The highest BCUT2D eigenvalue weighted by Gasteiger charge is 2.26. The van der Waals surface area contributed by atoms with Gasteiger partial charge in [-0.1, -0.05) is 32.9 Å². The number of esters is 1. The minimum absolute atomic E-state index is 0.0579. The number of aryl methyl sites for hydroxylation is 1. The molecule has 1 N–H and O–H groups in total. The Bertz CT molecular complexity index is 825. The van der Waals surface area contributed by atoms with Crippen LogP contribution in [0.25, 0.3) is 0 Å². The number of aromatic nitrogens is 1. The lowest BCUT2D eigenvalue weighted by molar-refractivity contribution is 0.0525. The molecule has 1 aromatic heterocycles. The van der Waals surface area contributed by atoms with E-state index in [1.54, 1.807) is 27.7 Å². The van der Waals surface area contributed by atoms with Crippen LogP contribution in [-0.2, 0) is 10.2 Å². The van der Waals surface area contributed by atoms with Crippen LogP contribution in [0, 0.1) is 13.8 Å². The summed E-state index contributed by atoms with van der Waals surface area (Å²) < 4.78 is 10.9. The summed E-state index contributed by atoms with van der Waals surface area (Å²) in [6.45, 7) is 13.7. The van der Waals surface area contributed by atoms with E-state index in [1.165, 1.54) is 5.56 Å². The van der Waals surface area contributed by atoms with Gasteiger partial charge < -0.3 is 14.5 Å². The SMILES string of the molecule is CCOC(=O)c1c(C)[nH]c(C(=O)[C@H](C)Oc2ccc(C(C)(C)C)cc2)c1C. The van der Waals surface area contributed by atoms with Gasteiger partial charge in [0.15, 0.2) is 6.10 Å². The Morgan fingerprint density at radius 1 is 1.11 bits per heavy atom. The van der Waals surface area contributed by atoms with Gasteiger partial charge in [-0.05, 0) is 56.4 Å². The third kappa shape index (κ3) is 4.59. The number of hydrogen-bond donors (Lipinski definition) is 1. The van der Waals surface area contributed by atoms with Gasteiger partial charge in [0.2, 0.25) is 5.78 Å². The fourth-order valence-corrected chi connectivity index (χ4v) is 3.00. The molecular formula is C22H29NO4. The normalized spacial score (nSPS) is 12.6. The van der Waals surface area contributed by atoms with E-state index in [0.29, 0.717) is 28.3 Å². The molecule has 1 atom stereocenters. The molecule has 0 saturated carbocycles. The van der Waals surface area contributed by atoms with Gasteiger partial charge in [-0.3, -0.25) is 4.79 Å². The fourth-order valence-electron chi connectivity index (χ4n) is 3.00. The predicted molar refractivity (Wildman–Crippen MR) is 106 cm³/mol. The monoisotopic (exact) mass is 371 g/mol. The van der Waals surface area contributed by atoms with E-state index in [2.05, 4.69) is 25.8 Å². The van der Waals surface area contributed by atoms with E-state index in [1.807, 2.05) is 24.3 Å². The first-order chi connectivity index (χ1) is 12.6. The van der Waals surface area contributed by atoms with Gasteiger partial charge in [0.25, 0.3) is 0 Å². The largest absolute Gasteiger partial charge is 0.483 e. The minimum Gasteiger partial charge on any atom is -0.483 e. The van der Waals surface area contributed by atoms with Crippen molar-refractivity contribution in [2.75, 3.05) is 6.61 Å². The smallest absolute Gasteiger partial charge is 0.340 e. The first-order valence-electron chi connectivity index (χ1n) is 9.24.